The van der Waals surface area contributed by atoms with E-state index >= 15 is 0 Å². The molecule has 4 aliphatic rings. The number of hydrogen-bond donors (Lipinski definition) is 4. The molecule has 352 valence electrons. The standard InChI is InChI=1S/C46H68N8O10/c1-45(2,3)63-42(60)32(14-18-37(47)55)49-40(58)34-16-13-31-20-21-52(25-30(26-53(31)34)48-43(61)64-46(4,5)6)39(57)24-28-10-8-27(9-11-28)22-29-12-15-33-36(23-29)51(7)44(62)54(33)35-17-19-38(56)50-41(35)59/h12,15,23,27-28,30-32,34-35H,8-11,13-14,16-22,24-26H2,1-7H3,(H2,47,55)(H,48,61)(H,49,58)(H,50,56,59)/t27-,28-,30-,31+,32-,34-,35?/m0/s1. The molecule has 6 rings (SSSR count). The molecule has 5 N–H and O–H groups in total. The molecule has 4 fully saturated rings. The summed E-state index contributed by atoms with van der Waals surface area (Å²) in [6.07, 6.45) is 6.45. The summed E-state index contributed by atoms with van der Waals surface area (Å²) >= 11 is 0. The van der Waals surface area contributed by atoms with Crippen LogP contribution in [0.25, 0.3) is 11.0 Å². The van der Waals surface area contributed by atoms with Crippen molar-refractivity contribution in [3.8, 4) is 0 Å². The van der Waals surface area contributed by atoms with Gasteiger partial charge < -0.3 is 30.7 Å². The van der Waals surface area contributed by atoms with Crippen LogP contribution < -0.4 is 27.4 Å². The van der Waals surface area contributed by atoms with E-state index in [1.165, 1.54) is 4.57 Å². The van der Waals surface area contributed by atoms with Crippen molar-refractivity contribution < 1.29 is 43.0 Å². The van der Waals surface area contributed by atoms with Crippen molar-refractivity contribution in [2.45, 2.75) is 166 Å². The second-order valence-corrected chi connectivity index (χ2v) is 20.3. The molecule has 3 saturated heterocycles. The lowest BCUT2D eigenvalue weighted by Gasteiger charge is -2.40. The van der Waals surface area contributed by atoms with Gasteiger partial charge in [-0.05, 0) is 135 Å². The monoisotopic (exact) mass is 893 g/mol. The number of fused-ring (bicyclic) bond motifs is 2. The maximum Gasteiger partial charge on any atom is 0.407 e. The first-order chi connectivity index (χ1) is 30.0. The molecule has 1 aromatic carbocycles. The van der Waals surface area contributed by atoms with Crippen LogP contribution in [0.4, 0.5) is 4.79 Å². The van der Waals surface area contributed by atoms with Crippen LogP contribution in [0, 0.1) is 11.8 Å². The Morgan fingerprint density at radius 2 is 1.55 bits per heavy atom. The molecule has 1 aliphatic carbocycles. The van der Waals surface area contributed by atoms with E-state index < -0.39 is 59.2 Å². The number of hydrogen-bond acceptors (Lipinski definition) is 11. The molecule has 64 heavy (non-hydrogen) atoms. The van der Waals surface area contributed by atoms with Gasteiger partial charge in [0.25, 0.3) is 0 Å². The van der Waals surface area contributed by atoms with Crippen molar-refractivity contribution in [2.24, 2.45) is 24.6 Å². The summed E-state index contributed by atoms with van der Waals surface area (Å²) in [6.45, 7) is 11.5. The van der Waals surface area contributed by atoms with Gasteiger partial charge in [0.1, 0.15) is 23.3 Å². The summed E-state index contributed by atoms with van der Waals surface area (Å²) in [5.74, 6) is -1.77. The summed E-state index contributed by atoms with van der Waals surface area (Å²) in [5, 5.41) is 8.17. The van der Waals surface area contributed by atoms with Crippen molar-refractivity contribution in [1.82, 2.24) is 34.9 Å². The minimum absolute atomic E-state index is 0.00204. The van der Waals surface area contributed by atoms with E-state index in [2.05, 4.69) is 20.9 Å². The van der Waals surface area contributed by atoms with E-state index in [-0.39, 0.29) is 74.1 Å². The molecule has 0 bridgehead atoms. The lowest BCUT2D eigenvalue weighted by atomic mass is 9.78. The number of aromatic nitrogens is 2. The van der Waals surface area contributed by atoms with Crippen LogP contribution in [-0.2, 0) is 51.7 Å². The largest absolute Gasteiger partial charge is 0.458 e. The van der Waals surface area contributed by atoms with Gasteiger partial charge in [0, 0.05) is 52.0 Å². The molecule has 0 spiro atoms. The van der Waals surface area contributed by atoms with Crippen LogP contribution >= 0.6 is 0 Å². The predicted molar refractivity (Wildman–Crippen MR) is 236 cm³/mol. The van der Waals surface area contributed by atoms with Gasteiger partial charge in [-0.15, -0.1) is 0 Å². The van der Waals surface area contributed by atoms with Crippen LogP contribution in [0.15, 0.2) is 23.0 Å². The molecular formula is C46H68N8O10. The minimum atomic E-state index is -1.07. The minimum Gasteiger partial charge on any atom is -0.458 e. The summed E-state index contributed by atoms with van der Waals surface area (Å²) in [4.78, 5) is 108. The number of rotatable bonds is 12. The number of nitrogens with two attached hydrogens (primary N) is 1. The molecule has 18 nitrogen and oxygen atoms in total. The number of carbonyl (C=O) groups is 7. The molecule has 2 aromatic rings. The fourth-order valence-corrected chi connectivity index (χ4v) is 9.86. The number of imide groups is 1. The topological polar surface area (TPSA) is 233 Å². The maximum atomic E-state index is 14.1. The number of primary amides is 1. The Morgan fingerprint density at radius 3 is 2.20 bits per heavy atom. The van der Waals surface area contributed by atoms with Crippen molar-refractivity contribution >= 4 is 52.6 Å². The van der Waals surface area contributed by atoms with Crippen LogP contribution in [0.3, 0.4) is 0 Å². The molecule has 1 unspecified atom stereocenters. The molecule has 6 amide bonds. The average molecular weight is 893 g/mol. The Morgan fingerprint density at radius 1 is 0.859 bits per heavy atom. The van der Waals surface area contributed by atoms with Crippen molar-refractivity contribution in [3.05, 3.63) is 34.2 Å². The smallest absolute Gasteiger partial charge is 0.407 e. The molecule has 4 heterocycles. The number of alkyl carbamates (subject to hydrolysis) is 1. The lowest BCUT2D eigenvalue weighted by molar-refractivity contribution is -0.159. The Hall–Kier alpha value is -5.26. The molecule has 1 aromatic heterocycles. The number of ether oxygens (including phenoxy) is 2. The van der Waals surface area contributed by atoms with Crippen LogP contribution in [0.2, 0.25) is 0 Å². The van der Waals surface area contributed by atoms with E-state index in [9.17, 15) is 38.4 Å². The van der Waals surface area contributed by atoms with Gasteiger partial charge >= 0.3 is 17.8 Å². The zero-order chi connectivity index (χ0) is 46.7. The van der Waals surface area contributed by atoms with Crippen LogP contribution in [0.5, 0.6) is 0 Å². The van der Waals surface area contributed by atoms with E-state index in [1.54, 1.807) is 53.2 Å². The Kier molecular flexibility index (Phi) is 15.0. The lowest BCUT2D eigenvalue weighted by Crippen LogP contribution is -2.59. The second kappa shape index (κ2) is 19.9. The first kappa shape index (κ1) is 48.2. The molecule has 0 radical (unpaired) electrons. The maximum absolute atomic E-state index is 14.1. The summed E-state index contributed by atoms with van der Waals surface area (Å²) in [5.41, 5.74) is 6.02. The average Bonchev–Trinajstić information content (AvgIpc) is 3.68. The Balaban J connectivity index is 1.07. The number of imidazole rings is 1. The third-order valence-electron chi connectivity index (χ3n) is 12.9. The van der Waals surface area contributed by atoms with E-state index in [4.69, 9.17) is 15.2 Å². The van der Waals surface area contributed by atoms with E-state index in [0.717, 1.165) is 43.2 Å². The number of esters is 1. The number of carbonyl (C=O) groups excluding carboxylic acids is 7. The van der Waals surface area contributed by atoms with Gasteiger partial charge in [0.15, 0.2) is 0 Å². The normalized spacial score (nSPS) is 25.1. The third-order valence-corrected chi connectivity index (χ3v) is 12.9. The molecular weight excluding hydrogens is 825 g/mol. The fraction of sp³-hybridized carbons (Fsp3) is 0.696. The highest BCUT2D eigenvalue weighted by Crippen LogP contribution is 2.35. The van der Waals surface area contributed by atoms with Crippen molar-refractivity contribution in [3.63, 3.8) is 0 Å². The number of amides is 6. The summed E-state index contributed by atoms with van der Waals surface area (Å²) in [7, 11) is 1.70. The number of aryl methyl sites for hydroxylation is 1. The zero-order valence-electron chi connectivity index (χ0n) is 38.5. The number of nitrogens with one attached hydrogen (secondary N) is 3. The fourth-order valence-electron chi connectivity index (χ4n) is 9.86. The highest BCUT2D eigenvalue weighted by molar-refractivity contribution is 6.00. The summed E-state index contributed by atoms with van der Waals surface area (Å²) < 4.78 is 14.2. The Bertz CT molecular complexity index is 2160. The first-order valence-electron chi connectivity index (χ1n) is 22.9. The number of piperidine rings is 1. The van der Waals surface area contributed by atoms with E-state index in [0.29, 0.717) is 43.7 Å². The number of benzene rings is 1. The third kappa shape index (κ3) is 12.3. The highest BCUT2D eigenvalue weighted by atomic mass is 16.6. The van der Waals surface area contributed by atoms with Crippen molar-refractivity contribution in [1.29, 1.82) is 0 Å². The second-order valence-electron chi connectivity index (χ2n) is 20.3. The van der Waals surface area contributed by atoms with Gasteiger partial charge in [-0.25, -0.2) is 14.4 Å². The van der Waals surface area contributed by atoms with Gasteiger partial charge in [0.05, 0.1) is 23.1 Å². The zero-order valence-corrected chi connectivity index (χ0v) is 38.5. The number of nitrogens with zero attached hydrogens (tertiary/aromatic N) is 4. The van der Waals surface area contributed by atoms with Crippen LogP contribution in [-0.4, -0.2) is 116 Å². The predicted octanol–water partition coefficient (Wildman–Crippen LogP) is 3.11. The van der Waals surface area contributed by atoms with Gasteiger partial charge in [-0.1, -0.05) is 6.07 Å². The van der Waals surface area contributed by atoms with Gasteiger partial charge in [-0.2, -0.15) is 0 Å². The molecule has 5 atom stereocenters. The molecule has 18 heteroatoms. The first-order valence-corrected chi connectivity index (χ1v) is 22.9. The highest BCUT2D eigenvalue weighted by Gasteiger charge is 2.43. The van der Waals surface area contributed by atoms with Crippen LogP contribution in [0.1, 0.15) is 130 Å². The summed E-state index contributed by atoms with van der Waals surface area (Å²) in [6, 6.07) is 2.89. The SMILES string of the molecule is Cn1c(=O)n(C2CCC(=O)NC2=O)c2ccc(C[C@H]3CC[C@H](CC(=O)N4CC[C@H]5CC[C@@H](C(=O)N[C@@H](CCC(N)=O)C(=O)OC(C)(C)C)N5C[C@@H](NC(=O)OC(C)(C)C)C4)CC3)cc21. The van der Waals surface area contributed by atoms with E-state index in [1.807, 2.05) is 23.1 Å². The quantitative estimate of drug-likeness (QED) is 0.179. The Labute approximate surface area is 374 Å². The van der Waals surface area contributed by atoms with Gasteiger partial charge in [-0.3, -0.25) is 43.3 Å². The molecule has 1 saturated carbocycles. The molecule has 3 aliphatic heterocycles. The van der Waals surface area contributed by atoms with Gasteiger partial charge in [0.2, 0.25) is 29.5 Å². The van der Waals surface area contributed by atoms with Crippen molar-refractivity contribution in [2.75, 3.05) is 19.6 Å².